The lowest BCUT2D eigenvalue weighted by atomic mass is 9.88. The number of morpholine rings is 1. The summed E-state index contributed by atoms with van der Waals surface area (Å²) in [7, 11) is 0. The number of rotatable bonds is 14. The molecule has 5 unspecified atom stereocenters. The monoisotopic (exact) mass is 673 g/mol. The molecule has 0 radical (unpaired) electrons. The fourth-order valence-electron chi connectivity index (χ4n) is 6.53. The first-order valence-electron chi connectivity index (χ1n) is 17.3. The number of fused-ring (bicyclic) bond motifs is 1. The minimum atomic E-state index is -1.09. The third-order valence-electron chi connectivity index (χ3n) is 9.02. The summed E-state index contributed by atoms with van der Waals surface area (Å²) in [5, 5.41) is 28.6. The molecule has 3 aromatic carbocycles. The summed E-state index contributed by atoms with van der Waals surface area (Å²) in [6, 6.07) is 23.7. The van der Waals surface area contributed by atoms with Crippen molar-refractivity contribution in [3.63, 3.8) is 0 Å². The fourth-order valence-corrected chi connectivity index (χ4v) is 6.53. The van der Waals surface area contributed by atoms with Gasteiger partial charge in [-0.05, 0) is 74.4 Å². The molecule has 0 saturated carbocycles. The Morgan fingerprint density at radius 1 is 0.959 bits per heavy atom. The highest BCUT2D eigenvalue weighted by Gasteiger charge is 2.35. The first-order valence-corrected chi connectivity index (χ1v) is 17.3. The summed E-state index contributed by atoms with van der Waals surface area (Å²) in [4.78, 5) is 29.3. The summed E-state index contributed by atoms with van der Waals surface area (Å²) in [6.07, 6.45) is -1.30. The highest BCUT2D eigenvalue weighted by molar-refractivity contribution is 5.80. The van der Waals surface area contributed by atoms with Crippen LogP contribution < -0.4 is 15.4 Å². The number of hydrogen-bond acceptors (Lipinski definition) is 8. The van der Waals surface area contributed by atoms with Gasteiger partial charge in [-0.25, -0.2) is 4.79 Å². The molecule has 264 valence electrons. The molecule has 1 heterocycles. The number of nitrogens with zero attached hydrogens (tertiary/aromatic N) is 1. The van der Waals surface area contributed by atoms with Crippen LogP contribution in [0.2, 0.25) is 0 Å². The van der Waals surface area contributed by atoms with Crippen molar-refractivity contribution in [3.8, 4) is 5.75 Å². The van der Waals surface area contributed by atoms with E-state index < -0.39 is 41.9 Å². The van der Waals surface area contributed by atoms with E-state index >= 15 is 0 Å². The van der Waals surface area contributed by atoms with Crippen molar-refractivity contribution in [2.24, 2.45) is 5.92 Å². The maximum Gasteiger partial charge on any atom is 0.407 e. The summed E-state index contributed by atoms with van der Waals surface area (Å²) >= 11 is 0. The van der Waals surface area contributed by atoms with Crippen molar-refractivity contribution in [2.45, 2.75) is 76.3 Å². The number of aliphatic hydroxyl groups is 2. The predicted molar refractivity (Wildman–Crippen MR) is 187 cm³/mol. The fraction of sp³-hybridized carbons (Fsp3) is 0.487. The van der Waals surface area contributed by atoms with E-state index in [1.807, 2.05) is 78.9 Å². The second kappa shape index (κ2) is 17.1. The smallest absolute Gasteiger partial charge is 0.407 e. The van der Waals surface area contributed by atoms with Gasteiger partial charge in [-0.15, -0.1) is 0 Å². The lowest BCUT2D eigenvalue weighted by Crippen LogP contribution is -2.48. The quantitative estimate of drug-likeness (QED) is 0.200. The molecule has 1 fully saturated rings. The molecule has 1 saturated heterocycles. The van der Waals surface area contributed by atoms with Crippen LogP contribution in [-0.2, 0) is 33.5 Å². The summed E-state index contributed by atoms with van der Waals surface area (Å²) in [5.41, 5.74) is 2.98. The highest BCUT2D eigenvalue weighted by atomic mass is 16.6. The van der Waals surface area contributed by atoms with E-state index in [4.69, 9.17) is 14.2 Å². The van der Waals surface area contributed by atoms with Crippen molar-refractivity contribution >= 4 is 12.0 Å². The van der Waals surface area contributed by atoms with Crippen LogP contribution in [0.3, 0.4) is 0 Å². The highest BCUT2D eigenvalue weighted by Crippen LogP contribution is 2.32. The Morgan fingerprint density at radius 2 is 1.67 bits per heavy atom. The van der Waals surface area contributed by atoms with Gasteiger partial charge in [0.1, 0.15) is 18.0 Å². The second-order valence-corrected chi connectivity index (χ2v) is 14.1. The molecule has 1 aliphatic carbocycles. The molecule has 5 atom stereocenters. The molecule has 3 aromatic rings. The molecule has 2 amide bonds. The Kier molecular flexibility index (Phi) is 12.7. The molecule has 2 aliphatic rings. The van der Waals surface area contributed by atoms with Gasteiger partial charge in [0.2, 0.25) is 5.91 Å². The maximum absolute atomic E-state index is 14.1. The topological polar surface area (TPSA) is 130 Å². The summed E-state index contributed by atoms with van der Waals surface area (Å²) < 4.78 is 17.1. The zero-order valence-electron chi connectivity index (χ0n) is 28.8. The van der Waals surface area contributed by atoms with E-state index in [2.05, 4.69) is 15.5 Å². The zero-order valence-corrected chi connectivity index (χ0v) is 28.8. The van der Waals surface area contributed by atoms with Crippen LogP contribution in [0, 0.1) is 5.92 Å². The molecule has 5 rings (SSSR count). The number of carbonyl (C=O) groups excluding carboxylic acids is 2. The van der Waals surface area contributed by atoms with E-state index in [9.17, 15) is 19.8 Å². The third kappa shape index (κ3) is 11.0. The average molecular weight is 674 g/mol. The van der Waals surface area contributed by atoms with Crippen LogP contribution >= 0.6 is 0 Å². The Labute approximate surface area is 289 Å². The standard InChI is InChI=1S/C39H51N3O7/c1-39(2,3)49-38(46)40-33(24-27-10-5-4-6-11-27)34(43)26-30(37(45)41-36-32-15-8-7-13-29(32)25-35(36)44)22-28-12-9-14-31(23-28)48-21-18-42-16-19-47-20-17-42/h4-15,23,30,33-36,43-44H,16-22,24-26H2,1-3H3,(H,40,46)(H,41,45). The molecule has 10 heteroatoms. The van der Waals surface area contributed by atoms with Gasteiger partial charge in [-0.2, -0.15) is 0 Å². The van der Waals surface area contributed by atoms with Gasteiger partial charge in [0.05, 0.1) is 37.5 Å². The number of amides is 2. The van der Waals surface area contributed by atoms with Crippen LogP contribution in [-0.4, -0.2) is 90.4 Å². The molecule has 49 heavy (non-hydrogen) atoms. The molecule has 1 aliphatic heterocycles. The van der Waals surface area contributed by atoms with Crippen molar-refractivity contribution in [1.29, 1.82) is 0 Å². The summed E-state index contributed by atoms with van der Waals surface area (Å²) in [5.74, 6) is -0.259. The van der Waals surface area contributed by atoms with Crippen LogP contribution in [0.5, 0.6) is 5.75 Å². The van der Waals surface area contributed by atoms with Crippen LogP contribution in [0.15, 0.2) is 78.9 Å². The van der Waals surface area contributed by atoms with Gasteiger partial charge < -0.3 is 35.1 Å². The number of aliphatic hydroxyl groups excluding tert-OH is 2. The van der Waals surface area contributed by atoms with E-state index in [0.717, 1.165) is 55.1 Å². The molecule has 10 nitrogen and oxygen atoms in total. The second-order valence-electron chi connectivity index (χ2n) is 14.1. The van der Waals surface area contributed by atoms with Gasteiger partial charge in [0, 0.05) is 32.0 Å². The van der Waals surface area contributed by atoms with Gasteiger partial charge in [-0.1, -0.05) is 66.7 Å². The maximum atomic E-state index is 14.1. The summed E-state index contributed by atoms with van der Waals surface area (Å²) in [6.45, 7) is 9.91. The Balaban J connectivity index is 1.34. The molecule has 0 bridgehead atoms. The Hall–Kier alpha value is -3.96. The lowest BCUT2D eigenvalue weighted by molar-refractivity contribution is -0.127. The minimum Gasteiger partial charge on any atom is -0.492 e. The van der Waals surface area contributed by atoms with Crippen molar-refractivity contribution in [3.05, 3.63) is 101 Å². The van der Waals surface area contributed by atoms with E-state index in [1.165, 1.54) is 0 Å². The van der Waals surface area contributed by atoms with Gasteiger partial charge in [0.15, 0.2) is 0 Å². The largest absolute Gasteiger partial charge is 0.492 e. The van der Waals surface area contributed by atoms with E-state index in [-0.39, 0.29) is 12.3 Å². The van der Waals surface area contributed by atoms with Crippen molar-refractivity contribution in [2.75, 3.05) is 39.5 Å². The Morgan fingerprint density at radius 3 is 2.43 bits per heavy atom. The molecular weight excluding hydrogens is 622 g/mol. The first kappa shape index (κ1) is 36.3. The van der Waals surface area contributed by atoms with Gasteiger partial charge in [0.25, 0.3) is 0 Å². The molecular formula is C39H51N3O7. The van der Waals surface area contributed by atoms with Crippen LogP contribution in [0.25, 0.3) is 0 Å². The average Bonchev–Trinajstić information content (AvgIpc) is 3.38. The van der Waals surface area contributed by atoms with Crippen LogP contribution in [0.4, 0.5) is 4.79 Å². The lowest BCUT2D eigenvalue weighted by Gasteiger charge is -2.30. The van der Waals surface area contributed by atoms with Crippen molar-refractivity contribution in [1.82, 2.24) is 15.5 Å². The molecule has 4 N–H and O–H groups in total. The van der Waals surface area contributed by atoms with E-state index in [1.54, 1.807) is 20.8 Å². The number of benzene rings is 3. The number of ether oxygens (including phenoxy) is 3. The minimum absolute atomic E-state index is 0.0612. The first-order chi connectivity index (χ1) is 23.5. The number of nitrogens with one attached hydrogen (secondary N) is 2. The van der Waals surface area contributed by atoms with Gasteiger partial charge in [-0.3, -0.25) is 9.69 Å². The molecule has 0 aromatic heterocycles. The normalized spacial score (nSPS) is 19.7. The third-order valence-corrected chi connectivity index (χ3v) is 9.02. The Bertz CT molecular complexity index is 1510. The predicted octanol–water partition coefficient (Wildman–Crippen LogP) is 4.22. The number of hydrogen-bond donors (Lipinski definition) is 4. The van der Waals surface area contributed by atoms with Crippen molar-refractivity contribution < 1.29 is 34.0 Å². The zero-order chi connectivity index (χ0) is 34.8. The SMILES string of the molecule is CC(C)(C)OC(=O)NC(Cc1ccccc1)C(O)CC(Cc1cccc(OCCN2CCOCC2)c1)C(=O)NC1c2ccccc2CC1O. The number of carbonyl (C=O) groups is 2. The van der Waals surface area contributed by atoms with E-state index in [0.29, 0.717) is 31.6 Å². The van der Waals surface area contributed by atoms with Crippen LogP contribution in [0.1, 0.15) is 55.5 Å². The molecule has 0 spiro atoms. The van der Waals surface area contributed by atoms with Gasteiger partial charge >= 0.3 is 6.09 Å². The number of alkyl carbamates (subject to hydrolysis) is 1.